The molecule has 7 nitrogen and oxygen atoms in total. The highest BCUT2D eigenvalue weighted by molar-refractivity contribution is 7.92. The smallest absolute Gasteiger partial charge is 0.251 e. The maximum absolute atomic E-state index is 12.3. The molecule has 134 valence electrons. The van der Waals surface area contributed by atoms with Crippen LogP contribution in [0.2, 0.25) is 0 Å². The van der Waals surface area contributed by atoms with Gasteiger partial charge in [-0.25, -0.2) is 8.42 Å². The lowest BCUT2D eigenvalue weighted by molar-refractivity contribution is 0.0939. The molecular formula is C16H26N4O3S. The Balaban J connectivity index is 2.32. The minimum atomic E-state index is -3.43. The highest BCUT2D eigenvalue weighted by Crippen LogP contribution is 2.28. The lowest BCUT2D eigenvalue weighted by Crippen LogP contribution is -2.43. The van der Waals surface area contributed by atoms with Crippen molar-refractivity contribution in [1.82, 2.24) is 10.6 Å². The van der Waals surface area contributed by atoms with Gasteiger partial charge in [0.2, 0.25) is 10.0 Å². The van der Waals surface area contributed by atoms with Crippen LogP contribution in [0.3, 0.4) is 0 Å². The number of carbonyl (C=O) groups excluding carboxylic acids is 1. The maximum Gasteiger partial charge on any atom is 0.251 e. The number of benzene rings is 1. The third-order valence-corrected chi connectivity index (χ3v) is 4.59. The predicted molar refractivity (Wildman–Crippen MR) is 97.2 cm³/mol. The van der Waals surface area contributed by atoms with Crippen LogP contribution < -0.4 is 20.3 Å². The number of anilines is 2. The second-order valence-corrected chi connectivity index (χ2v) is 7.87. The van der Waals surface area contributed by atoms with E-state index in [1.54, 1.807) is 12.1 Å². The molecule has 0 unspecified atom stereocenters. The molecule has 1 aliphatic heterocycles. The Kier molecular flexibility index (Phi) is 6.06. The molecule has 1 fully saturated rings. The van der Waals surface area contributed by atoms with Crippen molar-refractivity contribution in [3.8, 4) is 0 Å². The maximum atomic E-state index is 12.3. The molecule has 1 aliphatic rings. The number of rotatable bonds is 6. The summed E-state index contributed by atoms with van der Waals surface area (Å²) in [4.78, 5) is 14.4. The summed E-state index contributed by atoms with van der Waals surface area (Å²) in [5.74, 6) is -0.201. The fourth-order valence-electron chi connectivity index (χ4n) is 2.55. The molecule has 2 rings (SSSR count). The molecular weight excluding hydrogens is 328 g/mol. The fourth-order valence-corrected chi connectivity index (χ4v) is 3.11. The molecule has 24 heavy (non-hydrogen) atoms. The minimum Gasteiger partial charge on any atom is -0.367 e. The summed E-state index contributed by atoms with van der Waals surface area (Å²) in [7, 11) is -3.43. The van der Waals surface area contributed by atoms with Crippen LogP contribution in [-0.2, 0) is 10.0 Å². The van der Waals surface area contributed by atoms with Crippen molar-refractivity contribution in [2.45, 2.75) is 26.3 Å². The highest BCUT2D eigenvalue weighted by Gasteiger charge is 2.18. The first kappa shape index (κ1) is 18.5. The highest BCUT2D eigenvalue weighted by atomic mass is 32.2. The Bertz CT molecular complexity index is 685. The number of amides is 1. The van der Waals surface area contributed by atoms with Crippen LogP contribution in [0.25, 0.3) is 0 Å². The van der Waals surface area contributed by atoms with Crippen LogP contribution in [0, 0.1) is 0 Å². The van der Waals surface area contributed by atoms with E-state index in [2.05, 4.69) is 20.3 Å². The molecule has 1 saturated heterocycles. The first-order valence-electron chi connectivity index (χ1n) is 8.18. The summed E-state index contributed by atoms with van der Waals surface area (Å²) in [6, 6.07) is 5.22. The van der Waals surface area contributed by atoms with E-state index in [4.69, 9.17) is 0 Å². The van der Waals surface area contributed by atoms with Gasteiger partial charge in [-0.3, -0.25) is 9.52 Å². The summed E-state index contributed by atoms with van der Waals surface area (Å²) < 4.78 is 25.9. The number of carbonyl (C=O) groups is 1. The average molecular weight is 354 g/mol. The third-order valence-electron chi connectivity index (χ3n) is 4.00. The SMILES string of the molecule is CC[C@H](C)NC(=O)c1ccc(N2CCNCC2)c(NS(C)(=O)=O)c1. The van der Waals surface area contributed by atoms with Gasteiger partial charge in [-0.15, -0.1) is 0 Å². The van der Waals surface area contributed by atoms with Crippen molar-refractivity contribution in [2.24, 2.45) is 0 Å². The summed E-state index contributed by atoms with van der Waals surface area (Å²) in [5.41, 5.74) is 1.68. The quantitative estimate of drug-likeness (QED) is 0.709. The zero-order valence-electron chi connectivity index (χ0n) is 14.4. The van der Waals surface area contributed by atoms with E-state index in [0.717, 1.165) is 44.5 Å². The topological polar surface area (TPSA) is 90.5 Å². The van der Waals surface area contributed by atoms with Gasteiger partial charge >= 0.3 is 0 Å². The van der Waals surface area contributed by atoms with Gasteiger partial charge in [0.25, 0.3) is 5.91 Å². The summed E-state index contributed by atoms with van der Waals surface area (Å²) >= 11 is 0. The molecule has 1 aromatic rings. The number of nitrogens with one attached hydrogen (secondary N) is 3. The van der Waals surface area contributed by atoms with Gasteiger partial charge in [-0.2, -0.15) is 0 Å². The van der Waals surface area contributed by atoms with E-state index < -0.39 is 10.0 Å². The largest absolute Gasteiger partial charge is 0.367 e. The van der Waals surface area contributed by atoms with Crippen molar-refractivity contribution < 1.29 is 13.2 Å². The molecule has 1 heterocycles. The zero-order chi connectivity index (χ0) is 17.7. The van der Waals surface area contributed by atoms with Crippen molar-refractivity contribution >= 4 is 27.3 Å². The van der Waals surface area contributed by atoms with Crippen LogP contribution in [0.15, 0.2) is 18.2 Å². The number of piperazine rings is 1. The van der Waals surface area contributed by atoms with Gasteiger partial charge in [0.1, 0.15) is 0 Å². The van der Waals surface area contributed by atoms with E-state index in [1.165, 1.54) is 0 Å². The Morgan fingerprint density at radius 2 is 2.00 bits per heavy atom. The molecule has 1 amide bonds. The van der Waals surface area contributed by atoms with Crippen molar-refractivity contribution in [2.75, 3.05) is 42.1 Å². The molecule has 0 radical (unpaired) electrons. The molecule has 1 atom stereocenters. The summed E-state index contributed by atoms with van der Waals surface area (Å²) in [6.07, 6.45) is 1.94. The fraction of sp³-hybridized carbons (Fsp3) is 0.562. The van der Waals surface area contributed by atoms with E-state index in [-0.39, 0.29) is 11.9 Å². The summed E-state index contributed by atoms with van der Waals surface area (Å²) in [5, 5.41) is 6.16. The van der Waals surface area contributed by atoms with Crippen LogP contribution in [0.5, 0.6) is 0 Å². The molecule has 1 aromatic carbocycles. The molecule has 8 heteroatoms. The van der Waals surface area contributed by atoms with E-state index in [1.807, 2.05) is 19.9 Å². The lowest BCUT2D eigenvalue weighted by atomic mass is 10.1. The van der Waals surface area contributed by atoms with Crippen molar-refractivity contribution in [3.05, 3.63) is 23.8 Å². The van der Waals surface area contributed by atoms with Crippen molar-refractivity contribution in [3.63, 3.8) is 0 Å². The number of nitrogens with zero attached hydrogens (tertiary/aromatic N) is 1. The van der Waals surface area contributed by atoms with Gasteiger partial charge in [0.15, 0.2) is 0 Å². The second kappa shape index (κ2) is 7.85. The van der Waals surface area contributed by atoms with Crippen LogP contribution in [0.1, 0.15) is 30.6 Å². The third kappa shape index (κ3) is 5.10. The Morgan fingerprint density at radius 3 is 2.58 bits per heavy atom. The zero-order valence-corrected chi connectivity index (χ0v) is 15.2. The number of hydrogen-bond donors (Lipinski definition) is 3. The lowest BCUT2D eigenvalue weighted by Gasteiger charge is -2.31. The normalized spacial score (nSPS) is 16.5. The standard InChI is InChI=1S/C16H26N4O3S/c1-4-12(2)18-16(21)13-5-6-15(20-9-7-17-8-10-20)14(11-13)19-24(3,22)23/h5-6,11-12,17,19H,4,7-10H2,1-3H3,(H,18,21)/t12-/m0/s1. The first-order chi connectivity index (χ1) is 11.3. The predicted octanol–water partition coefficient (Wildman–Crippen LogP) is 0.996. The molecule has 3 N–H and O–H groups in total. The number of sulfonamides is 1. The first-order valence-corrected chi connectivity index (χ1v) is 10.1. The van der Waals surface area contributed by atoms with Gasteiger partial charge < -0.3 is 15.5 Å². The van der Waals surface area contributed by atoms with Gasteiger partial charge in [-0.05, 0) is 31.5 Å². The van der Waals surface area contributed by atoms with Crippen LogP contribution >= 0.6 is 0 Å². The van der Waals surface area contributed by atoms with Gasteiger partial charge in [0, 0.05) is 37.8 Å². The van der Waals surface area contributed by atoms with E-state index in [0.29, 0.717) is 11.3 Å². The van der Waals surface area contributed by atoms with Gasteiger partial charge in [-0.1, -0.05) is 6.92 Å². The van der Waals surface area contributed by atoms with Crippen LogP contribution in [-0.4, -0.2) is 52.8 Å². The Hall–Kier alpha value is -1.80. The molecule has 0 saturated carbocycles. The van der Waals surface area contributed by atoms with E-state index in [9.17, 15) is 13.2 Å². The molecule has 0 bridgehead atoms. The Labute approximate surface area is 143 Å². The molecule has 0 aromatic heterocycles. The van der Waals surface area contributed by atoms with Crippen molar-refractivity contribution in [1.29, 1.82) is 0 Å². The minimum absolute atomic E-state index is 0.0664. The molecule has 0 aliphatic carbocycles. The molecule has 0 spiro atoms. The van der Waals surface area contributed by atoms with Gasteiger partial charge in [0.05, 0.1) is 17.6 Å². The monoisotopic (exact) mass is 354 g/mol. The number of hydrogen-bond acceptors (Lipinski definition) is 5. The Morgan fingerprint density at radius 1 is 1.33 bits per heavy atom. The average Bonchev–Trinajstić information content (AvgIpc) is 2.54. The summed E-state index contributed by atoms with van der Waals surface area (Å²) in [6.45, 7) is 7.19. The van der Waals surface area contributed by atoms with E-state index >= 15 is 0 Å². The van der Waals surface area contributed by atoms with Crippen LogP contribution in [0.4, 0.5) is 11.4 Å². The second-order valence-electron chi connectivity index (χ2n) is 6.13.